The van der Waals surface area contributed by atoms with Crippen LogP contribution in [0.25, 0.3) is 0 Å². The summed E-state index contributed by atoms with van der Waals surface area (Å²) < 4.78 is 4.77. The predicted octanol–water partition coefficient (Wildman–Crippen LogP) is 1.49. The summed E-state index contributed by atoms with van der Waals surface area (Å²) >= 11 is 0. The third-order valence-corrected chi connectivity index (χ3v) is 1.47. The third-order valence-electron chi connectivity index (χ3n) is 1.47. The van der Waals surface area contributed by atoms with Gasteiger partial charge in [-0.05, 0) is 6.42 Å². The van der Waals surface area contributed by atoms with Crippen LogP contribution in [0.5, 0.6) is 0 Å². The molecule has 0 aromatic rings. The Morgan fingerprint density at radius 2 is 2.36 bits per heavy atom. The van der Waals surface area contributed by atoms with Crippen molar-refractivity contribution in [2.45, 2.75) is 26.7 Å². The molecule has 0 aliphatic heterocycles. The number of esters is 1. The maximum absolute atomic E-state index is 10.9. The van der Waals surface area contributed by atoms with Crippen LogP contribution in [-0.4, -0.2) is 12.6 Å². The van der Waals surface area contributed by atoms with Crippen LogP contribution in [0.15, 0.2) is 0 Å². The molecule has 0 spiro atoms. The lowest BCUT2D eigenvalue weighted by molar-refractivity contribution is -0.147. The highest BCUT2D eigenvalue weighted by molar-refractivity contribution is 5.71. The van der Waals surface area contributed by atoms with Gasteiger partial charge in [-0.15, -0.1) is 0 Å². The Balaban J connectivity index is 3.46. The molecular formula is C8H13NO2. The van der Waals surface area contributed by atoms with Crippen LogP contribution >= 0.6 is 0 Å². The Hall–Kier alpha value is -1.04. The average molecular weight is 155 g/mol. The quantitative estimate of drug-likeness (QED) is 0.456. The lowest BCUT2D eigenvalue weighted by Gasteiger charge is -2.06. The summed E-state index contributed by atoms with van der Waals surface area (Å²) in [5, 5.41) is 8.13. The zero-order valence-corrected chi connectivity index (χ0v) is 6.96. The van der Waals surface area contributed by atoms with Crippen molar-refractivity contribution in [3.8, 4) is 6.07 Å². The zero-order chi connectivity index (χ0) is 8.69. The number of rotatable bonds is 4. The van der Waals surface area contributed by atoms with Crippen LogP contribution in [0.1, 0.15) is 26.7 Å². The second-order valence-corrected chi connectivity index (χ2v) is 2.38. The van der Waals surface area contributed by atoms with E-state index in [0.29, 0.717) is 0 Å². The Labute approximate surface area is 67.0 Å². The lowest BCUT2D eigenvalue weighted by Crippen LogP contribution is -2.14. The molecule has 0 aromatic heterocycles. The van der Waals surface area contributed by atoms with E-state index in [9.17, 15) is 4.79 Å². The number of hydrogen-bond donors (Lipinski definition) is 0. The van der Waals surface area contributed by atoms with Crippen LogP contribution in [0.4, 0.5) is 0 Å². The molecule has 0 fully saturated rings. The number of carbonyl (C=O) groups excluding carboxylic acids is 1. The lowest BCUT2D eigenvalue weighted by atomic mass is 10.1. The van der Waals surface area contributed by atoms with E-state index >= 15 is 0 Å². The largest absolute Gasteiger partial charge is 0.464 e. The minimum absolute atomic E-state index is 0.0475. The van der Waals surface area contributed by atoms with Crippen molar-refractivity contribution >= 4 is 5.97 Å². The van der Waals surface area contributed by atoms with Crippen LogP contribution < -0.4 is 0 Å². The van der Waals surface area contributed by atoms with E-state index in [1.807, 2.05) is 19.9 Å². The van der Waals surface area contributed by atoms with Crippen molar-refractivity contribution in [1.82, 2.24) is 0 Å². The van der Waals surface area contributed by atoms with E-state index in [2.05, 4.69) is 0 Å². The molecule has 0 amide bonds. The van der Waals surface area contributed by atoms with Gasteiger partial charge in [0.2, 0.25) is 0 Å². The summed E-state index contributed by atoms with van der Waals surface area (Å²) in [6.45, 7) is 3.96. The molecule has 0 aliphatic carbocycles. The molecule has 62 valence electrons. The molecule has 1 atom stereocenters. The van der Waals surface area contributed by atoms with Gasteiger partial charge in [0.1, 0.15) is 6.61 Å². The fourth-order valence-electron chi connectivity index (χ4n) is 0.506. The second kappa shape index (κ2) is 5.72. The first-order valence-corrected chi connectivity index (χ1v) is 3.76. The van der Waals surface area contributed by atoms with Gasteiger partial charge in [0.25, 0.3) is 0 Å². The molecule has 0 saturated heterocycles. The normalized spacial score (nSPS) is 11.7. The van der Waals surface area contributed by atoms with E-state index in [-0.39, 0.29) is 24.9 Å². The molecule has 3 nitrogen and oxygen atoms in total. The van der Waals surface area contributed by atoms with Gasteiger partial charge >= 0.3 is 5.97 Å². The molecule has 0 heterocycles. The minimum atomic E-state index is -0.206. The summed E-state index contributed by atoms with van der Waals surface area (Å²) in [7, 11) is 0. The number of hydrogen-bond acceptors (Lipinski definition) is 3. The van der Waals surface area contributed by atoms with Crippen LogP contribution in [-0.2, 0) is 9.53 Å². The Bertz CT molecular complexity index is 160. The predicted molar refractivity (Wildman–Crippen MR) is 40.6 cm³/mol. The number of ether oxygens (including phenoxy) is 1. The highest BCUT2D eigenvalue weighted by atomic mass is 16.5. The summed E-state index contributed by atoms with van der Waals surface area (Å²) in [6.07, 6.45) is 1.06. The van der Waals surface area contributed by atoms with Gasteiger partial charge in [-0.1, -0.05) is 13.8 Å². The molecule has 0 N–H and O–H groups in total. The zero-order valence-electron chi connectivity index (χ0n) is 6.96. The smallest absolute Gasteiger partial charge is 0.308 e. The maximum Gasteiger partial charge on any atom is 0.308 e. The van der Waals surface area contributed by atoms with E-state index in [0.717, 1.165) is 6.42 Å². The van der Waals surface area contributed by atoms with Gasteiger partial charge in [0.05, 0.1) is 18.4 Å². The van der Waals surface area contributed by atoms with Crippen LogP contribution in [0.2, 0.25) is 0 Å². The molecule has 0 unspecified atom stereocenters. The Kier molecular flexibility index (Phi) is 5.18. The topological polar surface area (TPSA) is 50.1 Å². The van der Waals surface area contributed by atoms with E-state index in [4.69, 9.17) is 10.00 Å². The molecule has 3 heteroatoms. The summed E-state index contributed by atoms with van der Waals surface area (Å²) in [5.74, 6) is -0.253. The fraction of sp³-hybridized carbons (Fsp3) is 0.750. The number of carbonyl (C=O) groups is 1. The standard InChI is InChI=1S/C8H13NO2/c1-3-7(2)8(10)11-6-4-5-9/h7H,3-4,6H2,1-2H3/t7-/m1/s1. The van der Waals surface area contributed by atoms with Gasteiger partial charge in [0.15, 0.2) is 0 Å². The summed E-state index contributed by atoms with van der Waals surface area (Å²) in [6, 6.07) is 1.90. The molecular weight excluding hydrogens is 142 g/mol. The van der Waals surface area contributed by atoms with Crippen LogP contribution in [0, 0.1) is 17.2 Å². The molecule has 0 aromatic carbocycles. The van der Waals surface area contributed by atoms with E-state index in [1.54, 1.807) is 0 Å². The maximum atomic E-state index is 10.9. The first-order chi connectivity index (χ1) is 5.22. The molecule has 0 bridgehead atoms. The third kappa shape index (κ3) is 4.38. The number of nitrogens with zero attached hydrogens (tertiary/aromatic N) is 1. The first kappa shape index (κ1) is 9.96. The highest BCUT2D eigenvalue weighted by Gasteiger charge is 2.10. The highest BCUT2D eigenvalue weighted by Crippen LogP contribution is 2.02. The minimum Gasteiger partial charge on any atom is -0.464 e. The van der Waals surface area contributed by atoms with Crippen molar-refractivity contribution < 1.29 is 9.53 Å². The van der Waals surface area contributed by atoms with Crippen molar-refractivity contribution in [2.75, 3.05) is 6.61 Å². The first-order valence-electron chi connectivity index (χ1n) is 3.76. The molecule has 0 aliphatic rings. The van der Waals surface area contributed by atoms with Gasteiger partial charge in [-0.2, -0.15) is 5.26 Å². The van der Waals surface area contributed by atoms with Gasteiger partial charge in [-0.3, -0.25) is 4.79 Å². The van der Waals surface area contributed by atoms with Gasteiger partial charge in [-0.25, -0.2) is 0 Å². The second-order valence-electron chi connectivity index (χ2n) is 2.38. The van der Waals surface area contributed by atoms with Gasteiger partial charge in [0, 0.05) is 0 Å². The Morgan fingerprint density at radius 1 is 1.73 bits per heavy atom. The van der Waals surface area contributed by atoms with Gasteiger partial charge < -0.3 is 4.74 Å². The van der Waals surface area contributed by atoms with Crippen molar-refractivity contribution in [3.63, 3.8) is 0 Å². The van der Waals surface area contributed by atoms with Crippen molar-refractivity contribution in [2.24, 2.45) is 5.92 Å². The molecule has 0 radical (unpaired) electrons. The molecule has 0 rings (SSSR count). The van der Waals surface area contributed by atoms with Crippen molar-refractivity contribution in [1.29, 1.82) is 5.26 Å². The average Bonchev–Trinajstić information content (AvgIpc) is 2.03. The molecule has 0 saturated carbocycles. The monoisotopic (exact) mass is 155 g/mol. The summed E-state index contributed by atoms with van der Waals surface area (Å²) in [4.78, 5) is 10.9. The van der Waals surface area contributed by atoms with E-state index in [1.165, 1.54) is 0 Å². The van der Waals surface area contributed by atoms with Crippen molar-refractivity contribution in [3.05, 3.63) is 0 Å². The molecule has 11 heavy (non-hydrogen) atoms. The summed E-state index contributed by atoms with van der Waals surface area (Å²) in [5.41, 5.74) is 0. The fourth-order valence-corrected chi connectivity index (χ4v) is 0.506. The Morgan fingerprint density at radius 3 is 2.82 bits per heavy atom. The SMILES string of the molecule is CC[C@@H](C)C(=O)OCCC#N. The number of nitriles is 1. The van der Waals surface area contributed by atoms with E-state index < -0.39 is 0 Å². The van der Waals surface area contributed by atoms with Crippen LogP contribution in [0.3, 0.4) is 0 Å².